The maximum absolute atomic E-state index is 11.8. The molecule has 1 saturated heterocycles. The van der Waals surface area contributed by atoms with E-state index in [0.29, 0.717) is 19.5 Å². The number of carbonyl (C=O) groups excluding carboxylic acids is 1. The van der Waals surface area contributed by atoms with Crippen molar-refractivity contribution in [3.8, 4) is 0 Å². The number of hydrogen-bond acceptors (Lipinski definition) is 3. The Kier molecular flexibility index (Phi) is 4.55. The van der Waals surface area contributed by atoms with Crippen LogP contribution in [0.1, 0.15) is 6.42 Å². The van der Waals surface area contributed by atoms with Gasteiger partial charge in [0.25, 0.3) is 0 Å². The Morgan fingerprint density at radius 3 is 2.69 bits per heavy atom. The van der Waals surface area contributed by atoms with Gasteiger partial charge in [0.15, 0.2) is 0 Å². The highest BCUT2D eigenvalue weighted by molar-refractivity contribution is 5.78. The maximum atomic E-state index is 11.8. The number of alkyl halides is 3. The fraction of sp³-hybridized carbons (Fsp3) is 0.889. The van der Waals surface area contributed by atoms with E-state index in [1.165, 1.54) is 4.90 Å². The van der Waals surface area contributed by atoms with Gasteiger partial charge < -0.3 is 15.3 Å². The Balaban J connectivity index is 2.21. The summed E-state index contributed by atoms with van der Waals surface area (Å²) in [6.07, 6.45) is -3.58. The van der Waals surface area contributed by atoms with Gasteiger partial charge in [-0.05, 0) is 6.42 Å². The van der Waals surface area contributed by atoms with Crippen molar-refractivity contribution in [2.24, 2.45) is 5.92 Å². The Morgan fingerprint density at radius 1 is 1.50 bits per heavy atom. The molecule has 0 saturated carbocycles. The van der Waals surface area contributed by atoms with Crippen molar-refractivity contribution in [2.45, 2.75) is 12.6 Å². The number of nitrogens with zero attached hydrogens (tertiary/aromatic N) is 1. The molecule has 0 aliphatic carbocycles. The summed E-state index contributed by atoms with van der Waals surface area (Å²) in [6.45, 7) is -0.506. The van der Waals surface area contributed by atoms with Crippen molar-refractivity contribution in [3.05, 3.63) is 0 Å². The third kappa shape index (κ3) is 4.36. The minimum absolute atomic E-state index is 0.0137. The minimum Gasteiger partial charge on any atom is -0.396 e. The average Bonchev–Trinajstić information content (AvgIpc) is 2.63. The second-order valence-corrected chi connectivity index (χ2v) is 3.90. The summed E-state index contributed by atoms with van der Waals surface area (Å²) in [5, 5.41) is 10.9. The Hall–Kier alpha value is -0.820. The van der Waals surface area contributed by atoms with E-state index in [-0.39, 0.29) is 25.0 Å². The third-order valence-corrected chi connectivity index (χ3v) is 2.50. The largest absolute Gasteiger partial charge is 0.401 e. The van der Waals surface area contributed by atoms with Gasteiger partial charge in [-0.25, -0.2) is 0 Å². The van der Waals surface area contributed by atoms with Crippen molar-refractivity contribution in [1.82, 2.24) is 10.2 Å². The predicted octanol–water partition coefficient (Wildman–Crippen LogP) is -0.0209. The summed E-state index contributed by atoms with van der Waals surface area (Å²) in [7, 11) is 0. The predicted molar refractivity (Wildman–Crippen MR) is 50.7 cm³/mol. The van der Waals surface area contributed by atoms with E-state index >= 15 is 0 Å². The standard InChI is InChI=1S/C9H15F3N2O2/c10-9(11,12)6-13-3-8(16)14-2-1-7(4-14)5-15/h7,13,15H,1-6H2. The summed E-state index contributed by atoms with van der Waals surface area (Å²) in [5.41, 5.74) is 0. The molecule has 1 unspecified atom stereocenters. The molecule has 7 heteroatoms. The number of amides is 1. The van der Waals surface area contributed by atoms with Crippen molar-refractivity contribution >= 4 is 5.91 Å². The van der Waals surface area contributed by atoms with Crippen LogP contribution in [0.25, 0.3) is 0 Å². The number of aliphatic hydroxyl groups is 1. The number of likely N-dealkylation sites (tertiary alicyclic amines) is 1. The zero-order chi connectivity index (χ0) is 12.2. The number of rotatable bonds is 4. The zero-order valence-corrected chi connectivity index (χ0v) is 8.76. The number of nitrogens with one attached hydrogen (secondary N) is 1. The van der Waals surface area contributed by atoms with Gasteiger partial charge in [0.1, 0.15) is 0 Å². The molecule has 2 N–H and O–H groups in total. The molecule has 0 radical (unpaired) electrons. The van der Waals surface area contributed by atoms with Gasteiger partial charge >= 0.3 is 6.18 Å². The SMILES string of the molecule is O=C(CNCC(F)(F)F)N1CCC(CO)C1. The summed E-state index contributed by atoms with van der Waals surface area (Å²) in [6, 6.07) is 0. The van der Waals surface area contributed by atoms with Gasteiger partial charge in [0.05, 0.1) is 13.1 Å². The van der Waals surface area contributed by atoms with Crippen LogP contribution < -0.4 is 5.32 Å². The van der Waals surface area contributed by atoms with Crippen LogP contribution >= 0.6 is 0 Å². The number of halogens is 3. The molecule has 1 atom stereocenters. The first-order chi connectivity index (χ1) is 7.42. The lowest BCUT2D eigenvalue weighted by molar-refractivity contribution is -0.133. The van der Waals surface area contributed by atoms with E-state index in [1.54, 1.807) is 0 Å². The van der Waals surface area contributed by atoms with Crippen LogP contribution in [0.15, 0.2) is 0 Å². The molecule has 1 aliphatic heterocycles. The Bertz CT molecular complexity index is 245. The summed E-state index contributed by atoms with van der Waals surface area (Å²) in [4.78, 5) is 12.9. The number of hydrogen-bond donors (Lipinski definition) is 2. The van der Waals surface area contributed by atoms with Gasteiger partial charge in [0, 0.05) is 25.6 Å². The van der Waals surface area contributed by atoms with Crippen LogP contribution in [0.5, 0.6) is 0 Å². The monoisotopic (exact) mass is 240 g/mol. The minimum atomic E-state index is -4.29. The zero-order valence-electron chi connectivity index (χ0n) is 8.76. The van der Waals surface area contributed by atoms with Gasteiger partial charge in [-0.3, -0.25) is 4.79 Å². The molecule has 0 aromatic rings. The summed E-state index contributed by atoms with van der Waals surface area (Å²) < 4.78 is 35.3. The van der Waals surface area contributed by atoms with E-state index in [4.69, 9.17) is 5.11 Å². The van der Waals surface area contributed by atoms with Gasteiger partial charge in [-0.1, -0.05) is 0 Å². The van der Waals surface area contributed by atoms with Crippen LogP contribution in [0, 0.1) is 5.92 Å². The molecule has 0 aromatic carbocycles. The molecule has 0 spiro atoms. The summed E-state index contributed by atoms with van der Waals surface area (Å²) >= 11 is 0. The fourth-order valence-corrected chi connectivity index (χ4v) is 1.63. The molecule has 94 valence electrons. The molecule has 1 rings (SSSR count). The van der Waals surface area contributed by atoms with Crippen molar-refractivity contribution < 1.29 is 23.1 Å². The lowest BCUT2D eigenvalue weighted by atomic mass is 10.1. The first kappa shape index (κ1) is 13.2. The van der Waals surface area contributed by atoms with E-state index in [1.807, 2.05) is 0 Å². The van der Waals surface area contributed by atoms with Gasteiger partial charge in [-0.2, -0.15) is 13.2 Å². The lowest BCUT2D eigenvalue weighted by Gasteiger charge is -2.16. The first-order valence-electron chi connectivity index (χ1n) is 5.08. The summed E-state index contributed by atoms with van der Waals surface area (Å²) in [5.74, 6) is -0.285. The smallest absolute Gasteiger partial charge is 0.396 e. The molecule has 4 nitrogen and oxygen atoms in total. The highest BCUT2D eigenvalue weighted by Crippen LogP contribution is 2.15. The van der Waals surface area contributed by atoms with Crippen LogP contribution in [-0.2, 0) is 4.79 Å². The van der Waals surface area contributed by atoms with Crippen LogP contribution in [0.4, 0.5) is 13.2 Å². The molecule has 0 bridgehead atoms. The lowest BCUT2D eigenvalue weighted by Crippen LogP contribution is -2.40. The molecule has 1 fully saturated rings. The highest BCUT2D eigenvalue weighted by atomic mass is 19.4. The van der Waals surface area contributed by atoms with Gasteiger partial charge in [0.2, 0.25) is 5.91 Å². The van der Waals surface area contributed by atoms with Crippen LogP contribution in [-0.4, -0.2) is 54.9 Å². The number of aliphatic hydroxyl groups excluding tert-OH is 1. The normalized spacial score (nSPS) is 21.5. The third-order valence-electron chi connectivity index (χ3n) is 2.50. The van der Waals surface area contributed by atoms with Crippen molar-refractivity contribution in [2.75, 3.05) is 32.8 Å². The van der Waals surface area contributed by atoms with E-state index in [2.05, 4.69) is 5.32 Å². The highest BCUT2D eigenvalue weighted by Gasteiger charge is 2.28. The quantitative estimate of drug-likeness (QED) is 0.726. The van der Waals surface area contributed by atoms with E-state index in [9.17, 15) is 18.0 Å². The van der Waals surface area contributed by atoms with Crippen molar-refractivity contribution in [1.29, 1.82) is 0 Å². The topological polar surface area (TPSA) is 52.6 Å². The molecule has 16 heavy (non-hydrogen) atoms. The Morgan fingerprint density at radius 2 is 2.19 bits per heavy atom. The van der Waals surface area contributed by atoms with Crippen LogP contribution in [0.3, 0.4) is 0 Å². The molecule has 1 amide bonds. The van der Waals surface area contributed by atoms with Gasteiger partial charge in [-0.15, -0.1) is 0 Å². The van der Waals surface area contributed by atoms with Crippen molar-refractivity contribution in [3.63, 3.8) is 0 Å². The van der Waals surface area contributed by atoms with E-state index < -0.39 is 12.7 Å². The van der Waals surface area contributed by atoms with E-state index in [0.717, 1.165) is 0 Å². The molecular weight excluding hydrogens is 225 g/mol. The first-order valence-corrected chi connectivity index (χ1v) is 5.08. The Labute approximate surface area is 91.4 Å². The fourth-order valence-electron chi connectivity index (χ4n) is 1.63. The molecule has 1 heterocycles. The number of carbonyl (C=O) groups is 1. The maximum Gasteiger partial charge on any atom is 0.401 e. The molecule has 0 aromatic heterocycles. The average molecular weight is 240 g/mol. The second-order valence-electron chi connectivity index (χ2n) is 3.90. The second kappa shape index (κ2) is 5.49. The molecular formula is C9H15F3N2O2. The molecule has 1 aliphatic rings. The van der Waals surface area contributed by atoms with Crippen LogP contribution in [0.2, 0.25) is 0 Å².